The zero-order chi connectivity index (χ0) is 17.8. The molecule has 0 saturated heterocycles. The summed E-state index contributed by atoms with van der Waals surface area (Å²) in [7, 11) is 0. The third-order valence-corrected chi connectivity index (χ3v) is 5.98. The molecule has 3 aromatic rings. The molecule has 0 unspecified atom stereocenters. The first kappa shape index (κ1) is 17.1. The maximum atomic E-state index is 12.2. The first-order valence-corrected chi connectivity index (χ1v) is 10.2. The zero-order valence-corrected chi connectivity index (χ0v) is 15.6. The van der Waals surface area contributed by atoms with Crippen LogP contribution in [-0.2, 0) is 5.75 Å². The van der Waals surface area contributed by atoms with E-state index >= 15 is 0 Å². The molecule has 5 nitrogen and oxygen atoms in total. The number of rotatable bonds is 7. The van der Waals surface area contributed by atoms with Crippen LogP contribution in [0.1, 0.15) is 28.1 Å². The van der Waals surface area contributed by atoms with Gasteiger partial charge in [0.25, 0.3) is 5.91 Å². The van der Waals surface area contributed by atoms with Gasteiger partial charge in [-0.2, -0.15) is 0 Å². The van der Waals surface area contributed by atoms with E-state index in [2.05, 4.69) is 20.6 Å². The quantitative estimate of drug-likeness (QED) is 0.590. The molecular weight excluding hydrogens is 364 g/mol. The highest BCUT2D eigenvalue weighted by atomic mass is 32.2. The third-order valence-electron chi connectivity index (χ3n) is 3.84. The number of aromatic nitrogens is 2. The van der Waals surface area contributed by atoms with Crippen molar-refractivity contribution in [2.24, 2.45) is 0 Å². The minimum Gasteiger partial charge on any atom is -0.349 e. The van der Waals surface area contributed by atoms with E-state index in [1.807, 2.05) is 48.7 Å². The number of hydrogen-bond acceptors (Lipinski definition) is 6. The maximum absolute atomic E-state index is 12.2. The molecule has 26 heavy (non-hydrogen) atoms. The van der Waals surface area contributed by atoms with E-state index in [9.17, 15) is 4.79 Å². The molecule has 0 bridgehead atoms. The Morgan fingerprint density at radius 3 is 2.92 bits per heavy atom. The van der Waals surface area contributed by atoms with E-state index in [1.54, 1.807) is 29.3 Å². The Morgan fingerprint density at radius 2 is 2.12 bits per heavy atom. The van der Waals surface area contributed by atoms with Gasteiger partial charge in [-0.3, -0.25) is 4.79 Å². The molecule has 2 heterocycles. The lowest BCUT2D eigenvalue weighted by molar-refractivity contribution is 0.0951. The first-order chi connectivity index (χ1) is 12.8. The van der Waals surface area contributed by atoms with Gasteiger partial charge in [-0.25, -0.2) is 9.97 Å². The van der Waals surface area contributed by atoms with Crippen molar-refractivity contribution < 1.29 is 4.79 Å². The number of carbonyl (C=O) groups is 1. The Hall–Kier alpha value is -2.38. The Kier molecular flexibility index (Phi) is 5.17. The van der Waals surface area contributed by atoms with E-state index < -0.39 is 0 Å². The highest BCUT2D eigenvalue weighted by Crippen LogP contribution is 2.29. The molecule has 1 fully saturated rings. The van der Waals surface area contributed by atoms with Crippen LogP contribution < -0.4 is 10.6 Å². The number of nitrogens with one attached hydrogen (secondary N) is 2. The number of nitrogens with zero attached hydrogens (tertiary/aromatic N) is 2. The highest BCUT2D eigenvalue weighted by molar-refractivity contribution is 7.98. The number of thiazole rings is 1. The van der Waals surface area contributed by atoms with Crippen molar-refractivity contribution in [1.29, 1.82) is 0 Å². The first-order valence-electron chi connectivity index (χ1n) is 8.43. The molecule has 2 aromatic heterocycles. The molecule has 0 aliphatic heterocycles. The van der Waals surface area contributed by atoms with Crippen LogP contribution in [0.4, 0.5) is 10.9 Å². The molecule has 0 spiro atoms. The van der Waals surface area contributed by atoms with Gasteiger partial charge in [-0.15, -0.1) is 23.1 Å². The van der Waals surface area contributed by atoms with Crippen LogP contribution in [0.3, 0.4) is 0 Å². The Morgan fingerprint density at radius 1 is 1.19 bits per heavy atom. The van der Waals surface area contributed by atoms with Gasteiger partial charge in [0.05, 0.1) is 0 Å². The molecule has 2 N–H and O–H groups in total. The second-order valence-corrected chi connectivity index (χ2v) is 8.20. The van der Waals surface area contributed by atoms with Crippen molar-refractivity contribution in [3.63, 3.8) is 0 Å². The molecule has 0 radical (unpaired) electrons. The summed E-state index contributed by atoms with van der Waals surface area (Å²) in [5, 5.41) is 7.06. The smallest absolute Gasteiger partial charge is 0.251 e. The van der Waals surface area contributed by atoms with Crippen molar-refractivity contribution in [2.75, 3.05) is 5.32 Å². The molecule has 1 aromatic carbocycles. The summed E-state index contributed by atoms with van der Waals surface area (Å²) in [5.74, 6) is 1.62. The molecular formula is C19H18N4OS2. The lowest BCUT2D eigenvalue weighted by Gasteiger charge is -2.05. The Labute approximate surface area is 160 Å². The second-order valence-electron chi connectivity index (χ2n) is 6.04. The monoisotopic (exact) mass is 382 g/mol. The predicted octanol–water partition coefficient (Wildman–Crippen LogP) is 4.47. The van der Waals surface area contributed by atoms with E-state index in [4.69, 9.17) is 0 Å². The van der Waals surface area contributed by atoms with Crippen molar-refractivity contribution in [2.45, 2.75) is 29.5 Å². The van der Waals surface area contributed by atoms with Gasteiger partial charge >= 0.3 is 0 Å². The summed E-state index contributed by atoms with van der Waals surface area (Å²) in [6, 6.07) is 13.9. The van der Waals surface area contributed by atoms with Crippen LogP contribution in [0.25, 0.3) is 0 Å². The number of benzene rings is 1. The van der Waals surface area contributed by atoms with E-state index in [0.29, 0.717) is 6.04 Å². The summed E-state index contributed by atoms with van der Waals surface area (Å²) >= 11 is 3.32. The standard InChI is InChI=1S/C19H18N4OS2/c24-18(22-14-7-8-14)13-4-3-5-15(10-13)25-12-16-11-21-19(26-16)23-17-6-1-2-9-20-17/h1-6,9-11,14H,7-8,12H2,(H,22,24)(H,20,21,23). The fourth-order valence-corrected chi connectivity index (χ4v) is 4.15. The summed E-state index contributed by atoms with van der Waals surface area (Å²) in [6.07, 6.45) is 5.83. The van der Waals surface area contributed by atoms with Crippen molar-refractivity contribution >= 4 is 40.0 Å². The third kappa shape index (κ3) is 4.62. The summed E-state index contributed by atoms with van der Waals surface area (Å²) in [6.45, 7) is 0. The van der Waals surface area contributed by atoms with Crippen LogP contribution in [0, 0.1) is 0 Å². The van der Waals surface area contributed by atoms with Gasteiger partial charge in [-0.05, 0) is 43.2 Å². The molecule has 7 heteroatoms. The van der Waals surface area contributed by atoms with Gasteiger partial charge in [0.15, 0.2) is 5.13 Å². The molecule has 1 aliphatic carbocycles. The average Bonchev–Trinajstić information content (AvgIpc) is 3.38. The molecule has 1 saturated carbocycles. The summed E-state index contributed by atoms with van der Waals surface area (Å²) < 4.78 is 0. The number of thioether (sulfide) groups is 1. The molecule has 1 amide bonds. The van der Waals surface area contributed by atoms with Crippen LogP contribution in [0.5, 0.6) is 0 Å². The maximum Gasteiger partial charge on any atom is 0.251 e. The largest absolute Gasteiger partial charge is 0.349 e. The fourth-order valence-electron chi connectivity index (χ4n) is 2.36. The predicted molar refractivity (Wildman–Crippen MR) is 106 cm³/mol. The molecule has 132 valence electrons. The van der Waals surface area contributed by atoms with Crippen LogP contribution >= 0.6 is 23.1 Å². The van der Waals surface area contributed by atoms with E-state index in [1.165, 1.54) is 4.88 Å². The molecule has 4 rings (SSSR count). The summed E-state index contributed by atoms with van der Waals surface area (Å²) in [4.78, 5) is 23.0. The SMILES string of the molecule is O=C(NC1CC1)c1cccc(SCc2cnc(Nc3ccccn3)s2)c1. The van der Waals surface area contributed by atoms with E-state index in [0.717, 1.165) is 40.0 Å². The van der Waals surface area contributed by atoms with Gasteiger partial charge in [-0.1, -0.05) is 12.1 Å². The van der Waals surface area contributed by atoms with Crippen LogP contribution in [0.15, 0.2) is 59.8 Å². The second kappa shape index (κ2) is 7.88. The summed E-state index contributed by atoms with van der Waals surface area (Å²) in [5.41, 5.74) is 0.726. The number of hydrogen-bond donors (Lipinski definition) is 2. The van der Waals surface area contributed by atoms with Gasteiger partial charge in [0.1, 0.15) is 5.82 Å². The molecule has 0 atom stereocenters. The zero-order valence-electron chi connectivity index (χ0n) is 14.0. The minimum atomic E-state index is 0.0228. The van der Waals surface area contributed by atoms with E-state index in [-0.39, 0.29) is 5.91 Å². The van der Waals surface area contributed by atoms with Gasteiger partial charge in [0.2, 0.25) is 0 Å². The number of carbonyl (C=O) groups excluding carboxylic acids is 1. The number of anilines is 2. The highest BCUT2D eigenvalue weighted by Gasteiger charge is 2.23. The van der Waals surface area contributed by atoms with Crippen LogP contribution in [-0.4, -0.2) is 21.9 Å². The van der Waals surface area contributed by atoms with Crippen LogP contribution in [0.2, 0.25) is 0 Å². The fraction of sp³-hybridized carbons (Fsp3) is 0.211. The van der Waals surface area contributed by atoms with Crippen molar-refractivity contribution in [3.05, 3.63) is 65.3 Å². The normalized spacial score (nSPS) is 13.4. The topological polar surface area (TPSA) is 66.9 Å². The van der Waals surface area contributed by atoms with Gasteiger partial charge in [0, 0.05) is 39.5 Å². The Bertz CT molecular complexity index is 893. The lowest BCUT2D eigenvalue weighted by atomic mass is 10.2. The lowest BCUT2D eigenvalue weighted by Crippen LogP contribution is -2.25. The van der Waals surface area contributed by atoms with Gasteiger partial charge < -0.3 is 10.6 Å². The number of pyridine rings is 1. The van der Waals surface area contributed by atoms with Crippen molar-refractivity contribution in [1.82, 2.24) is 15.3 Å². The number of amides is 1. The molecule has 1 aliphatic rings. The van der Waals surface area contributed by atoms with Crippen molar-refractivity contribution in [3.8, 4) is 0 Å². The Balaban J connectivity index is 1.34. The average molecular weight is 383 g/mol. The minimum absolute atomic E-state index is 0.0228.